The number of aliphatic hydroxyl groups is 1. The SMILES string of the molecule is CCCc1cc(C(=O)NCC(C)(O)CC(C)C)cc(Cl)n1. The molecule has 0 radical (unpaired) electrons. The average Bonchev–Trinajstić information content (AvgIpc) is 2.34. The molecule has 0 saturated carbocycles. The normalized spacial score (nSPS) is 14.0. The summed E-state index contributed by atoms with van der Waals surface area (Å²) in [6, 6.07) is 3.30. The van der Waals surface area contributed by atoms with E-state index in [4.69, 9.17) is 11.6 Å². The van der Waals surface area contributed by atoms with Crippen LogP contribution in [0.1, 0.15) is 56.6 Å². The van der Waals surface area contributed by atoms with E-state index in [1.54, 1.807) is 19.1 Å². The molecule has 0 fully saturated rings. The second-order valence-corrected chi connectivity index (χ2v) is 6.58. The van der Waals surface area contributed by atoms with Crippen molar-refractivity contribution in [2.75, 3.05) is 6.54 Å². The minimum Gasteiger partial charge on any atom is -0.388 e. The Morgan fingerprint density at radius 2 is 2.14 bits per heavy atom. The molecule has 1 atom stereocenters. The molecule has 1 aromatic heterocycles. The van der Waals surface area contributed by atoms with E-state index in [0.717, 1.165) is 18.5 Å². The number of carbonyl (C=O) groups is 1. The zero-order chi connectivity index (χ0) is 16.0. The van der Waals surface area contributed by atoms with Gasteiger partial charge in [-0.05, 0) is 37.8 Å². The highest BCUT2D eigenvalue weighted by atomic mass is 35.5. The van der Waals surface area contributed by atoms with Gasteiger partial charge in [-0.2, -0.15) is 0 Å². The third kappa shape index (κ3) is 6.44. The van der Waals surface area contributed by atoms with Crippen molar-refractivity contribution in [1.82, 2.24) is 10.3 Å². The van der Waals surface area contributed by atoms with Crippen molar-refractivity contribution in [2.45, 2.75) is 52.6 Å². The van der Waals surface area contributed by atoms with Gasteiger partial charge < -0.3 is 10.4 Å². The molecule has 0 bridgehead atoms. The predicted octanol–water partition coefficient (Wildman–Crippen LogP) is 3.21. The van der Waals surface area contributed by atoms with Crippen LogP contribution in [0.5, 0.6) is 0 Å². The van der Waals surface area contributed by atoms with E-state index in [0.29, 0.717) is 23.1 Å². The second-order valence-electron chi connectivity index (χ2n) is 6.20. The summed E-state index contributed by atoms with van der Waals surface area (Å²) in [6.45, 7) is 8.07. The largest absolute Gasteiger partial charge is 0.388 e. The molecule has 0 spiro atoms. The van der Waals surface area contributed by atoms with Gasteiger partial charge in [0.2, 0.25) is 0 Å². The lowest BCUT2D eigenvalue weighted by Gasteiger charge is -2.25. The van der Waals surface area contributed by atoms with Gasteiger partial charge >= 0.3 is 0 Å². The van der Waals surface area contributed by atoms with Gasteiger partial charge in [0.1, 0.15) is 5.15 Å². The number of aromatic nitrogens is 1. The van der Waals surface area contributed by atoms with Crippen LogP contribution < -0.4 is 5.32 Å². The van der Waals surface area contributed by atoms with E-state index < -0.39 is 5.60 Å². The predicted molar refractivity (Wildman–Crippen MR) is 85.7 cm³/mol. The Morgan fingerprint density at radius 3 is 2.71 bits per heavy atom. The first kappa shape index (κ1) is 17.9. The van der Waals surface area contributed by atoms with Crippen molar-refractivity contribution >= 4 is 17.5 Å². The fourth-order valence-electron chi connectivity index (χ4n) is 2.39. The third-order valence-electron chi connectivity index (χ3n) is 3.09. The van der Waals surface area contributed by atoms with Crippen LogP contribution in [0.2, 0.25) is 5.15 Å². The summed E-state index contributed by atoms with van der Waals surface area (Å²) in [5, 5.41) is 13.3. The van der Waals surface area contributed by atoms with Gasteiger partial charge in [0.15, 0.2) is 0 Å². The molecule has 1 heterocycles. The number of carbonyl (C=O) groups excluding carboxylic acids is 1. The highest BCUT2D eigenvalue weighted by Gasteiger charge is 2.23. The van der Waals surface area contributed by atoms with Gasteiger partial charge in [-0.3, -0.25) is 4.79 Å². The summed E-state index contributed by atoms with van der Waals surface area (Å²) in [5.74, 6) is 0.129. The first-order valence-corrected chi connectivity index (χ1v) is 7.78. The summed E-state index contributed by atoms with van der Waals surface area (Å²) >= 11 is 5.95. The Labute approximate surface area is 131 Å². The summed E-state index contributed by atoms with van der Waals surface area (Å²) in [4.78, 5) is 16.4. The molecule has 0 aliphatic carbocycles. The summed E-state index contributed by atoms with van der Waals surface area (Å²) in [6.07, 6.45) is 2.36. The van der Waals surface area contributed by atoms with Crippen LogP contribution in [-0.4, -0.2) is 28.1 Å². The van der Waals surface area contributed by atoms with Gasteiger partial charge in [0.25, 0.3) is 5.91 Å². The molecule has 0 aliphatic rings. The van der Waals surface area contributed by atoms with Crippen molar-refractivity contribution < 1.29 is 9.90 Å². The van der Waals surface area contributed by atoms with E-state index in [1.807, 2.05) is 20.8 Å². The van der Waals surface area contributed by atoms with Crippen LogP contribution in [0, 0.1) is 5.92 Å². The Kier molecular flexibility index (Phi) is 6.62. The molecule has 0 saturated heterocycles. The number of pyridine rings is 1. The van der Waals surface area contributed by atoms with Gasteiger partial charge in [0.05, 0.1) is 5.60 Å². The Hall–Kier alpha value is -1.13. The molecule has 2 N–H and O–H groups in total. The molecule has 0 aromatic carbocycles. The lowest BCUT2D eigenvalue weighted by molar-refractivity contribution is 0.0368. The number of hydrogen-bond acceptors (Lipinski definition) is 3. The fraction of sp³-hybridized carbons (Fsp3) is 0.625. The molecule has 21 heavy (non-hydrogen) atoms. The summed E-state index contributed by atoms with van der Waals surface area (Å²) in [7, 11) is 0. The number of nitrogens with zero attached hydrogens (tertiary/aromatic N) is 1. The number of amides is 1. The monoisotopic (exact) mass is 312 g/mol. The fourth-order valence-corrected chi connectivity index (χ4v) is 2.62. The van der Waals surface area contributed by atoms with Crippen molar-refractivity contribution in [3.63, 3.8) is 0 Å². The number of aryl methyl sites for hydroxylation is 1. The van der Waals surface area contributed by atoms with Crippen molar-refractivity contribution in [3.8, 4) is 0 Å². The van der Waals surface area contributed by atoms with Gasteiger partial charge in [-0.25, -0.2) is 4.98 Å². The molecule has 5 heteroatoms. The maximum atomic E-state index is 12.2. The molecule has 1 aromatic rings. The average molecular weight is 313 g/mol. The zero-order valence-corrected chi connectivity index (χ0v) is 14.0. The lowest BCUT2D eigenvalue weighted by atomic mass is 9.94. The maximum absolute atomic E-state index is 12.2. The molecule has 0 aliphatic heterocycles. The molecule has 4 nitrogen and oxygen atoms in total. The van der Waals surface area contributed by atoms with E-state index >= 15 is 0 Å². The number of nitrogens with one attached hydrogen (secondary N) is 1. The van der Waals surface area contributed by atoms with Gasteiger partial charge in [0, 0.05) is 17.8 Å². The van der Waals surface area contributed by atoms with Gasteiger partial charge in [-0.1, -0.05) is 38.8 Å². The second kappa shape index (κ2) is 7.76. The highest BCUT2D eigenvalue weighted by Crippen LogP contribution is 2.16. The Balaban J connectivity index is 2.71. The Morgan fingerprint density at radius 1 is 1.48 bits per heavy atom. The quantitative estimate of drug-likeness (QED) is 0.760. The van der Waals surface area contributed by atoms with Crippen LogP contribution in [0.25, 0.3) is 0 Å². The lowest BCUT2D eigenvalue weighted by Crippen LogP contribution is -2.41. The molecular weight excluding hydrogens is 288 g/mol. The minimum atomic E-state index is -0.910. The van der Waals surface area contributed by atoms with E-state index in [2.05, 4.69) is 10.3 Å². The zero-order valence-electron chi connectivity index (χ0n) is 13.2. The summed E-state index contributed by atoms with van der Waals surface area (Å²) < 4.78 is 0. The first-order valence-electron chi connectivity index (χ1n) is 7.40. The Bertz CT molecular complexity index is 487. The van der Waals surface area contributed by atoms with Crippen LogP contribution in [0.3, 0.4) is 0 Å². The third-order valence-corrected chi connectivity index (χ3v) is 3.29. The summed E-state index contributed by atoms with van der Waals surface area (Å²) in [5.41, 5.74) is 0.385. The molecule has 118 valence electrons. The smallest absolute Gasteiger partial charge is 0.251 e. The number of hydrogen-bond donors (Lipinski definition) is 2. The number of halogens is 1. The topological polar surface area (TPSA) is 62.2 Å². The van der Waals surface area contributed by atoms with Crippen LogP contribution >= 0.6 is 11.6 Å². The first-order chi connectivity index (χ1) is 9.73. The van der Waals surface area contributed by atoms with Crippen molar-refractivity contribution in [2.24, 2.45) is 5.92 Å². The number of rotatable bonds is 7. The molecular formula is C16H25ClN2O2. The van der Waals surface area contributed by atoms with E-state index in [-0.39, 0.29) is 12.5 Å². The minimum absolute atomic E-state index is 0.215. The molecule has 1 unspecified atom stereocenters. The van der Waals surface area contributed by atoms with Crippen LogP contribution in [-0.2, 0) is 6.42 Å². The van der Waals surface area contributed by atoms with Crippen molar-refractivity contribution in [1.29, 1.82) is 0 Å². The van der Waals surface area contributed by atoms with E-state index in [1.165, 1.54) is 0 Å². The van der Waals surface area contributed by atoms with Crippen LogP contribution in [0.15, 0.2) is 12.1 Å². The van der Waals surface area contributed by atoms with Crippen molar-refractivity contribution in [3.05, 3.63) is 28.5 Å². The maximum Gasteiger partial charge on any atom is 0.251 e. The molecule has 1 rings (SSSR count). The van der Waals surface area contributed by atoms with E-state index in [9.17, 15) is 9.90 Å². The van der Waals surface area contributed by atoms with Gasteiger partial charge in [-0.15, -0.1) is 0 Å². The standard InChI is InChI=1S/C16H25ClN2O2/c1-5-6-13-7-12(8-14(17)19-13)15(20)18-10-16(4,21)9-11(2)3/h7-8,11,21H,5-6,9-10H2,1-4H3,(H,18,20). The highest BCUT2D eigenvalue weighted by molar-refractivity contribution is 6.29. The van der Waals surface area contributed by atoms with Crippen LogP contribution in [0.4, 0.5) is 0 Å². The molecule has 1 amide bonds.